The van der Waals surface area contributed by atoms with Crippen molar-refractivity contribution in [3.05, 3.63) is 83.7 Å². The molecule has 1 fully saturated rings. The van der Waals surface area contributed by atoms with Crippen molar-refractivity contribution in [3.8, 4) is 17.5 Å². The highest BCUT2D eigenvalue weighted by molar-refractivity contribution is 5.95. The van der Waals surface area contributed by atoms with Crippen molar-refractivity contribution in [1.29, 1.82) is 0 Å². The van der Waals surface area contributed by atoms with Crippen molar-refractivity contribution < 1.29 is 9.59 Å². The minimum absolute atomic E-state index is 0.159. The van der Waals surface area contributed by atoms with Crippen molar-refractivity contribution in [2.75, 3.05) is 19.6 Å². The predicted molar refractivity (Wildman–Crippen MR) is 114 cm³/mol. The number of aromatic nitrogens is 2. The first-order valence-electron chi connectivity index (χ1n) is 9.98. The van der Waals surface area contributed by atoms with Gasteiger partial charge < -0.3 is 10.2 Å². The first-order chi connectivity index (χ1) is 14.7. The molecule has 1 aromatic heterocycles. The molecular formula is C24H22N4O2. The lowest BCUT2D eigenvalue weighted by molar-refractivity contribution is -0.127. The zero-order valence-corrected chi connectivity index (χ0v) is 16.5. The summed E-state index contributed by atoms with van der Waals surface area (Å²) in [5, 5.41) is 7.19. The third kappa shape index (κ3) is 4.58. The molecule has 0 aliphatic carbocycles. The third-order valence-electron chi connectivity index (χ3n) is 4.96. The Morgan fingerprint density at radius 2 is 1.97 bits per heavy atom. The van der Waals surface area contributed by atoms with E-state index in [1.54, 1.807) is 27.9 Å². The van der Waals surface area contributed by atoms with Crippen molar-refractivity contribution >= 4 is 11.8 Å². The Bertz CT molecular complexity index is 1100. The standard InChI is InChI=1S/C24H22N4O2/c29-23-8-4-15-27(23)17-14-25-24(30)21-11-12-22(28-16-5-13-26-28)20(18-21)10-9-19-6-2-1-3-7-19/h1-3,5-7,11-13,16,18H,4,8,14-15,17H2,(H,25,30). The molecule has 150 valence electrons. The van der Waals surface area contributed by atoms with Crippen LogP contribution in [0.2, 0.25) is 0 Å². The molecule has 0 saturated carbocycles. The summed E-state index contributed by atoms with van der Waals surface area (Å²) >= 11 is 0. The molecular weight excluding hydrogens is 376 g/mol. The molecule has 30 heavy (non-hydrogen) atoms. The van der Waals surface area contributed by atoms with Crippen molar-refractivity contribution in [3.63, 3.8) is 0 Å². The first kappa shape index (κ1) is 19.5. The second kappa shape index (κ2) is 9.10. The van der Waals surface area contributed by atoms with Gasteiger partial charge in [-0.15, -0.1) is 0 Å². The molecule has 3 aromatic rings. The van der Waals surface area contributed by atoms with Gasteiger partial charge in [0, 0.05) is 49.6 Å². The number of carbonyl (C=O) groups excluding carboxylic acids is 2. The van der Waals surface area contributed by atoms with E-state index in [-0.39, 0.29) is 11.8 Å². The van der Waals surface area contributed by atoms with Gasteiger partial charge in [-0.3, -0.25) is 9.59 Å². The minimum atomic E-state index is -0.184. The van der Waals surface area contributed by atoms with E-state index in [9.17, 15) is 9.59 Å². The number of rotatable bonds is 5. The van der Waals surface area contributed by atoms with Crippen LogP contribution in [-0.2, 0) is 4.79 Å². The highest BCUT2D eigenvalue weighted by atomic mass is 16.2. The average Bonchev–Trinajstić information content (AvgIpc) is 3.45. The van der Waals surface area contributed by atoms with Crippen LogP contribution in [0.4, 0.5) is 0 Å². The summed E-state index contributed by atoms with van der Waals surface area (Å²) < 4.78 is 1.73. The second-order valence-corrected chi connectivity index (χ2v) is 7.04. The average molecular weight is 398 g/mol. The molecule has 6 nitrogen and oxygen atoms in total. The fourth-order valence-electron chi connectivity index (χ4n) is 3.40. The Labute approximate surface area is 175 Å². The van der Waals surface area contributed by atoms with E-state index in [1.165, 1.54) is 0 Å². The molecule has 2 amide bonds. The van der Waals surface area contributed by atoms with E-state index < -0.39 is 0 Å². The molecule has 6 heteroatoms. The van der Waals surface area contributed by atoms with Crippen LogP contribution >= 0.6 is 0 Å². The van der Waals surface area contributed by atoms with Gasteiger partial charge in [0.2, 0.25) is 5.91 Å². The van der Waals surface area contributed by atoms with E-state index in [2.05, 4.69) is 22.3 Å². The van der Waals surface area contributed by atoms with Crippen molar-refractivity contribution in [2.45, 2.75) is 12.8 Å². The van der Waals surface area contributed by atoms with Crippen LogP contribution in [0.5, 0.6) is 0 Å². The van der Waals surface area contributed by atoms with E-state index in [0.29, 0.717) is 30.6 Å². The van der Waals surface area contributed by atoms with Crippen LogP contribution in [0.25, 0.3) is 5.69 Å². The fourth-order valence-corrected chi connectivity index (χ4v) is 3.40. The van der Waals surface area contributed by atoms with Crippen molar-refractivity contribution in [2.24, 2.45) is 0 Å². The lowest BCUT2D eigenvalue weighted by atomic mass is 10.1. The number of hydrogen-bond acceptors (Lipinski definition) is 3. The number of amides is 2. The molecule has 0 spiro atoms. The lowest BCUT2D eigenvalue weighted by Gasteiger charge is -2.15. The largest absolute Gasteiger partial charge is 0.350 e. The van der Waals surface area contributed by atoms with Crippen LogP contribution in [0.15, 0.2) is 67.0 Å². The van der Waals surface area contributed by atoms with E-state index in [0.717, 1.165) is 24.2 Å². The van der Waals surface area contributed by atoms with Gasteiger partial charge in [0.25, 0.3) is 5.91 Å². The van der Waals surface area contributed by atoms with Gasteiger partial charge in [0.05, 0.1) is 11.3 Å². The van der Waals surface area contributed by atoms with Gasteiger partial charge in [0.15, 0.2) is 0 Å². The van der Waals surface area contributed by atoms with Crippen LogP contribution in [0, 0.1) is 11.8 Å². The molecule has 1 N–H and O–H groups in total. The summed E-state index contributed by atoms with van der Waals surface area (Å²) in [6.07, 6.45) is 5.04. The quantitative estimate of drug-likeness (QED) is 0.672. The van der Waals surface area contributed by atoms with Crippen LogP contribution in [0.3, 0.4) is 0 Å². The van der Waals surface area contributed by atoms with Gasteiger partial charge >= 0.3 is 0 Å². The minimum Gasteiger partial charge on any atom is -0.350 e. The fraction of sp³-hybridized carbons (Fsp3) is 0.208. The van der Waals surface area contributed by atoms with E-state index in [1.807, 2.05) is 48.7 Å². The monoisotopic (exact) mass is 398 g/mol. The smallest absolute Gasteiger partial charge is 0.251 e. The number of likely N-dealkylation sites (tertiary alicyclic amines) is 1. The Morgan fingerprint density at radius 1 is 1.10 bits per heavy atom. The van der Waals surface area contributed by atoms with Crippen LogP contribution in [0.1, 0.15) is 34.3 Å². The summed E-state index contributed by atoms with van der Waals surface area (Å²) in [5.41, 5.74) is 2.94. The second-order valence-electron chi connectivity index (χ2n) is 7.04. The number of benzene rings is 2. The zero-order chi connectivity index (χ0) is 20.8. The Kier molecular flexibility index (Phi) is 5.90. The number of carbonyl (C=O) groups is 2. The number of hydrogen-bond donors (Lipinski definition) is 1. The summed E-state index contributed by atoms with van der Waals surface area (Å²) in [6.45, 7) is 1.74. The maximum absolute atomic E-state index is 12.6. The molecule has 0 radical (unpaired) electrons. The number of nitrogens with zero attached hydrogens (tertiary/aromatic N) is 3. The molecule has 1 saturated heterocycles. The van der Waals surface area contributed by atoms with Gasteiger partial charge in [-0.1, -0.05) is 30.0 Å². The highest BCUT2D eigenvalue weighted by Crippen LogP contribution is 2.16. The molecule has 0 unspecified atom stereocenters. The molecule has 0 bridgehead atoms. The summed E-state index contributed by atoms with van der Waals surface area (Å²) in [6, 6.07) is 16.9. The van der Waals surface area contributed by atoms with Crippen LogP contribution in [-0.4, -0.2) is 46.1 Å². The SMILES string of the molecule is O=C(NCCN1CCCC1=O)c1ccc(-n2cccn2)c(C#Cc2ccccc2)c1. The molecule has 1 aliphatic heterocycles. The molecule has 4 rings (SSSR count). The first-order valence-corrected chi connectivity index (χ1v) is 9.98. The van der Waals surface area contributed by atoms with Crippen LogP contribution < -0.4 is 5.32 Å². The maximum atomic E-state index is 12.6. The summed E-state index contributed by atoms with van der Waals surface area (Å²) in [4.78, 5) is 26.1. The van der Waals surface area contributed by atoms with Gasteiger partial charge in [-0.05, 0) is 42.8 Å². The molecule has 2 heterocycles. The lowest BCUT2D eigenvalue weighted by Crippen LogP contribution is -2.35. The predicted octanol–water partition coefficient (Wildman–Crippen LogP) is 2.62. The maximum Gasteiger partial charge on any atom is 0.251 e. The van der Waals surface area contributed by atoms with Gasteiger partial charge in [-0.2, -0.15) is 5.10 Å². The van der Waals surface area contributed by atoms with Gasteiger partial charge in [0.1, 0.15) is 0 Å². The zero-order valence-electron chi connectivity index (χ0n) is 16.5. The summed E-state index contributed by atoms with van der Waals surface area (Å²) in [7, 11) is 0. The van der Waals surface area contributed by atoms with Crippen molar-refractivity contribution in [1.82, 2.24) is 20.0 Å². The topological polar surface area (TPSA) is 67.2 Å². The molecule has 1 aliphatic rings. The Balaban J connectivity index is 1.53. The molecule has 2 aromatic carbocycles. The van der Waals surface area contributed by atoms with E-state index in [4.69, 9.17) is 0 Å². The van der Waals surface area contributed by atoms with E-state index >= 15 is 0 Å². The Hall–Kier alpha value is -3.85. The summed E-state index contributed by atoms with van der Waals surface area (Å²) in [5.74, 6) is 6.30. The Morgan fingerprint density at radius 3 is 2.70 bits per heavy atom. The van der Waals surface area contributed by atoms with Gasteiger partial charge in [-0.25, -0.2) is 4.68 Å². The highest BCUT2D eigenvalue weighted by Gasteiger charge is 2.19. The molecule has 0 atom stereocenters. The normalized spacial score (nSPS) is 13.1. The number of nitrogens with one attached hydrogen (secondary N) is 1. The third-order valence-corrected chi connectivity index (χ3v) is 4.96.